The van der Waals surface area contributed by atoms with Crippen LogP contribution in [-0.4, -0.2) is 47.8 Å². The molecule has 0 saturated carbocycles. The van der Waals surface area contributed by atoms with E-state index in [4.69, 9.17) is 18.9 Å². The number of hydrogen-bond donors (Lipinski definition) is 1. The average Bonchev–Trinajstić information content (AvgIpc) is 2.76. The van der Waals surface area contributed by atoms with Crippen molar-refractivity contribution in [1.29, 1.82) is 0 Å². The highest BCUT2D eigenvalue weighted by atomic mass is 16.7. The lowest BCUT2D eigenvalue weighted by Crippen LogP contribution is -2.53. The molecule has 1 aliphatic heterocycles. The van der Waals surface area contributed by atoms with Crippen molar-refractivity contribution in [1.82, 2.24) is 0 Å². The Hall–Kier alpha value is -1.96. The lowest BCUT2D eigenvalue weighted by molar-refractivity contribution is -0.196. The first-order chi connectivity index (χ1) is 11.3. The van der Waals surface area contributed by atoms with E-state index in [1.807, 2.05) is 30.3 Å². The largest absolute Gasteiger partial charge is 0.463 e. The van der Waals surface area contributed by atoms with Crippen LogP contribution in [0.5, 0.6) is 0 Å². The monoisotopic (exact) mass is 338 g/mol. The maximum Gasteiger partial charge on any atom is 0.303 e. The highest BCUT2D eigenvalue weighted by molar-refractivity contribution is 5.67. The summed E-state index contributed by atoms with van der Waals surface area (Å²) in [5, 5.41) is 10.8. The zero-order valence-corrected chi connectivity index (χ0v) is 13.9. The van der Waals surface area contributed by atoms with Gasteiger partial charge >= 0.3 is 11.9 Å². The van der Waals surface area contributed by atoms with Crippen molar-refractivity contribution < 1.29 is 33.6 Å². The molecule has 0 radical (unpaired) electrons. The molecule has 1 saturated heterocycles. The second-order valence-corrected chi connectivity index (χ2v) is 5.74. The second kappa shape index (κ2) is 7.74. The van der Waals surface area contributed by atoms with Gasteiger partial charge in [-0.2, -0.15) is 0 Å². The van der Waals surface area contributed by atoms with E-state index in [-0.39, 0.29) is 13.2 Å². The standard InChI is InChI=1S/C17H22O7/c1-11-17(20,10-22-12(2)18)15(24-13(3)19)16(23-11)21-9-14-7-5-4-6-8-14/h4-8,11,15-16,20H,9-10H2,1-3H3. The smallest absolute Gasteiger partial charge is 0.303 e. The third-order valence-electron chi connectivity index (χ3n) is 3.84. The van der Waals surface area contributed by atoms with Gasteiger partial charge < -0.3 is 24.1 Å². The molecule has 4 atom stereocenters. The Morgan fingerprint density at radius 3 is 2.46 bits per heavy atom. The van der Waals surface area contributed by atoms with Gasteiger partial charge in [-0.3, -0.25) is 9.59 Å². The van der Waals surface area contributed by atoms with Crippen LogP contribution < -0.4 is 0 Å². The summed E-state index contributed by atoms with van der Waals surface area (Å²) in [5.41, 5.74) is -0.774. The van der Waals surface area contributed by atoms with Crippen molar-refractivity contribution in [2.45, 2.75) is 51.5 Å². The zero-order valence-electron chi connectivity index (χ0n) is 13.9. The van der Waals surface area contributed by atoms with E-state index in [0.717, 1.165) is 5.56 Å². The maximum absolute atomic E-state index is 11.4. The van der Waals surface area contributed by atoms with Gasteiger partial charge in [-0.05, 0) is 12.5 Å². The van der Waals surface area contributed by atoms with Crippen LogP contribution >= 0.6 is 0 Å². The number of rotatable bonds is 6. The number of carbonyl (C=O) groups excluding carboxylic acids is 2. The Morgan fingerprint density at radius 2 is 1.88 bits per heavy atom. The summed E-state index contributed by atoms with van der Waals surface area (Å²) in [6, 6.07) is 9.39. The van der Waals surface area contributed by atoms with Crippen LogP contribution in [0.25, 0.3) is 0 Å². The first-order valence-electron chi connectivity index (χ1n) is 7.67. The van der Waals surface area contributed by atoms with Crippen molar-refractivity contribution in [2.75, 3.05) is 6.61 Å². The van der Waals surface area contributed by atoms with Crippen molar-refractivity contribution >= 4 is 11.9 Å². The summed E-state index contributed by atoms with van der Waals surface area (Å²) in [7, 11) is 0. The van der Waals surface area contributed by atoms with E-state index in [1.54, 1.807) is 6.92 Å². The topological polar surface area (TPSA) is 91.3 Å². The molecule has 2 rings (SSSR count). The van der Waals surface area contributed by atoms with E-state index >= 15 is 0 Å². The number of aliphatic hydroxyl groups is 1. The Bertz CT molecular complexity index is 574. The molecule has 1 N–H and O–H groups in total. The van der Waals surface area contributed by atoms with Gasteiger partial charge in [0.2, 0.25) is 0 Å². The molecular weight excluding hydrogens is 316 g/mol. The Balaban J connectivity index is 2.11. The normalized spacial score (nSPS) is 29.2. The van der Waals surface area contributed by atoms with Gasteiger partial charge in [-0.25, -0.2) is 0 Å². The molecule has 0 spiro atoms. The molecule has 1 heterocycles. The molecule has 7 heteroatoms. The lowest BCUT2D eigenvalue weighted by atomic mass is 9.94. The molecule has 24 heavy (non-hydrogen) atoms. The summed E-state index contributed by atoms with van der Waals surface area (Å²) < 4.78 is 21.4. The van der Waals surface area contributed by atoms with Gasteiger partial charge in [0.05, 0.1) is 12.7 Å². The number of carbonyl (C=O) groups is 2. The van der Waals surface area contributed by atoms with Crippen molar-refractivity contribution in [3.05, 3.63) is 35.9 Å². The molecule has 1 aliphatic rings. The molecule has 0 aromatic heterocycles. The van der Waals surface area contributed by atoms with Crippen molar-refractivity contribution in [2.24, 2.45) is 0 Å². The number of ether oxygens (including phenoxy) is 4. The van der Waals surface area contributed by atoms with E-state index in [2.05, 4.69) is 0 Å². The molecule has 132 valence electrons. The summed E-state index contributed by atoms with van der Waals surface area (Å²) in [5.74, 6) is -1.14. The SMILES string of the molecule is CC(=O)OCC1(O)C(C)OC(OCc2ccccc2)C1OC(C)=O. The molecule has 1 aromatic rings. The average molecular weight is 338 g/mol. The summed E-state index contributed by atoms with van der Waals surface area (Å²) >= 11 is 0. The lowest BCUT2D eigenvalue weighted by Gasteiger charge is -2.30. The summed E-state index contributed by atoms with van der Waals surface area (Å²) in [6.07, 6.45) is -2.82. The fourth-order valence-corrected chi connectivity index (χ4v) is 2.49. The fraction of sp³-hybridized carbons (Fsp3) is 0.529. The minimum absolute atomic E-state index is 0.222. The predicted octanol–water partition coefficient (Wildman–Crippen LogP) is 1.17. The van der Waals surface area contributed by atoms with Gasteiger partial charge in [0.1, 0.15) is 6.61 Å². The highest BCUT2D eigenvalue weighted by Crippen LogP contribution is 2.35. The molecule has 1 aromatic carbocycles. The second-order valence-electron chi connectivity index (χ2n) is 5.74. The van der Waals surface area contributed by atoms with Crippen LogP contribution in [0, 0.1) is 0 Å². The quantitative estimate of drug-likeness (QED) is 0.779. The third kappa shape index (κ3) is 4.31. The first-order valence-corrected chi connectivity index (χ1v) is 7.67. The molecule has 1 fully saturated rings. The Labute approximate surface area is 140 Å². The molecule has 7 nitrogen and oxygen atoms in total. The van der Waals surface area contributed by atoms with E-state index < -0.39 is 36.0 Å². The fourth-order valence-electron chi connectivity index (χ4n) is 2.49. The van der Waals surface area contributed by atoms with Crippen LogP contribution in [0.3, 0.4) is 0 Å². The van der Waals surface area contributed by atoms with Gasteiger partial charge in [0.25, 0.3) is 0 Å². The molecule has 0 bridgehead atoms. The van der Waals surface area contributed by atoms with E-state index in [0.29, 0.717) is 0 Å². The van der Waals surface area contributed by atoms with Gasteiger partial charge in [0.15, 0.2) is 18.0 Å². The highest BCUT2D eigenvalue weighted by Gasteiger charge is 2.57. The number of hydrogen-bond acceptors (Lipinski definition) is 7. The van der Waals surface area contributed by atoms with Crippen molar-refractivity contribution in [3.63, 3.8) is 0 Å². The molecule has 0 amide bonds. The van der Waals surface area contributed by atoms with Crippen LogP contribution in [0.1, 0.15) is 26.3 Å². The third-order valence-corrected chi connectivity index (χ3v) is 3.84. The van der Waals surface area contributed by atoms with E-state index in [9.17, 15) is 14.7 Å². The van der Waals surface area contributed by atoms with Crippen LogP contribution in [-0.2, 0) is 35.1 Å². The Kier molecular flexibility index (Phi) is 5.93. The summed E-state index contributed by atoms with van der Waals surface area (Å²) in [4.78, 5) is 22.5. The van der Waals surface area contributed by atoms with Gasteiger partial charge in [0, 0.05) is 13.8 Å². The maximum atomic E-state index is 11.4. The molecule has 0 aliphatic carbocycles. The van der Waals surface area contributed by atoms with Gasteiger partial charge in [-0.15, -0.1) is 0 Å². The number of esters is 2. The minimum atomic E-state index is -1.68. The Morgan fingerprint density at radius 1 is 1.21 bits per heavy atom. The minimum Gasteiger partial charge on any atom is -0.463 e. The number of benzene rings is 1. The van der Waals surface area contributed by atoms with Gasteiger partial charge in [-0.1, -0.05) is 30.3 Å². The van der Waals surface area contributed by atoms with Crippen LogP contribution in [0.15, 0.2) is 30.3 Å². The summed E-state index contributed by atoms with van der Waals surface area (Å²) in [6.45, 7) is 3.93. The van der Waals surface area contributed by atoms with Crippen LogP contribution in [0.2, 0.25) is 0 Å². The van der Waals surface area contributed by atoms with Crippen molar-refractivity contribution in [3.8, 4) is 0 Å². The van der Waals surface area contributed by atoms with E-state index in [1.165, 1.54) is 13.8 Å². The molecule has 4 unspecified atom stereocenters. The van der Waals surface area contributed by atoms with Crippen LogP contribution in [0.4, 0.5) is 0 Å². The first kappa shape index (κ1) is 18.4. The predicted molar refractivity (Wildman–Crippen MR) is 82.7 cm³/mol. The molecular formula is C17H22O7. The zero-order chi connectivity index (χ0) is 17.7.